The summed E-state index contributed by atoms with van der Waals surface area (Å²) in [6.07, 6.45) is 13.3. The third-order valence-corrected chi connectivity index (χ3v) is 11.4. The van der Waals surface area contributed by atoms with E-state index in [1.165, 1.54) is 51.4 Å². The first-order chi connectivity index (χ1) is 15.9. The van der Waals surface area contributed by atoms with Crippen molar-refractivity contribution in [2.24, 2.45) is 40.9 Å². The van der Waals surface area contributed by atoms with Crippen LogP contribution >= 0.6 is 0 Å². The van der Waals surface area contributed by atoms with E-state index < -0.39 is 11.0 Å². The molecule has 6 heteroatoms. The summed E-state index contributed by atoms with van der Waals surface area (Å²) >= 11 is 0. The Balaban J connectivity index is 1.39. The topological polar surface area (TPSA) is 49.9 Å². The number of ketones is 1. The first kappa shape index (κ1) is 25.8. The molecule has 4 fully saturated rings. The Labute approximate surface area is 205 Å². The maximum absolute atomic E-state index is 13.6. The van der Waals surface area contributed by atoms with Gasteiger partial charge in [0.1, 0.15) is 5.78 Å². The summed E-state index contributed by atoms with van der Waals surface area (Å²) in [4.78, 5) is 15.9. The quantitative estimate of drug-likeness (QED) is 0.491. The average molecular weight is 481 g/mol. The van der Waals surface area contributed by atoms with Crippen molar-refractivity contribution in [2.45, 2.75) is 71.6 Å². The van der Waals surface area contributed by atoms with E-state index in [1.807, 2.05) is 11.4 Å². The third-order valence-electron chi connectivity index (χ3n) is 10.3. The number of piperazine rings is 1. The molecule has 0 radical (unpaired) electrons. The van der Waals surface area contributed by atoms with E-state index in [4.69, 9.17) is 4.74 Å². The van der Waals surface area contributed by atoms with Crippen LogP contribution in [0, 0.1) is 40.9 Å². The van der Waals surface area contributed by atoms with E-state index in [0.29, 0.717) is 12.3 Å². The summed E-state index contributed by atoms with van der Waals surface area (Å²) in [6, 6.07) is 0. The predicted molar refractivity (Wildman–Crippen MR) is 135 cm³/mol. The number of carbonyl (C=O) groups excluding carboxylic acids is 1. The highest BCUT2D eigenvalue weighted by Gasteiger charge is 2.57. The molecule has 33 heavy (non-hydrogen) atoms. The van der Waals surface area contributed by atoms with Crippen molar-refractivity contribution in [2.75, 3.05) is 52.7 Å². The van der Waals surface area contributed by atoms with Gasteiger partial charge in [0.2, 0.25) is 0 Å². The van der Waals surface area contributed by atoms with Gasteiger partial charge in [-0.1, -0.05) is 26.7 Å². The second-order valence-corrected chi connectivity index (χ2v) is 13.1. The van der Waals surface area contributed by atoms with Crippen molar-refractivity contribution in [1.82, 2.24) is 9.21 Å². The van der Waals surface area contributed by atoms with Gasteiger partial charge in [0, 0.05) is 52.1 Å². The van der Waals surface area contributed by atoms with Gasteiger partial charge in [0.25, 0.3) is 0 Å². The first-order valence-electron chi connectivity index (χ1n) is 13.7. The SMILES string of the molecule is CCCC1C(CCOC)CCC2C1CCC1(C)C(C(=O)CN3CCN(S(C)=O)CC3)CCC21. The molecule has 8 atom stereocenters. The molecule has 0 aromatic carbocycles. The Hall–Kier alpha value is -0.300. The van der Waals surface area contributed by atoms with Gasteiger partial charge in [-0.05, 0) is 80.0 Å². The minimum absolute atomic E-state index is 0.209. The average Bonchev–Trinajstić information content (AvgIpc) is 3.16. The summed E-state index contributed by atoms with van der Waals surface area (Å²) in [5.41, 5.74) is 0.209. The lowest BCUT2D eigenvalue weighted by Crippen LogP contribution is -2.51. The smallest absolute Gasteiger partial charge is 0.150 e. The van der Waals surface area contributed by atoms with Crippen LogP contribution in [0.3, 0.4) is 0 Å². The van der Waals surface area contributed by atoms with Crippen LogP contribution in [0.2, 0.25) is 0 Å². The molecule has 4 rings (SSSR count). The van der Waals surface area contributed by atoms with Gasteiger partial charge in [-0.3, -0.25) is 9.69 Å². The molecule has 0 aromatic rings. The molecular weight excluding hydrogens is 432 g/mol. The highest BCUT2D eigenvalue weighted by atomic mass is 32.2. The fourth-order valence-electron chi connectivity index (χ4n) is 8.65. The number of Topliss-reactive ketones (excluding diaryl/α,β-unsaturated/α-hetero) is 1. The maximum atomic E-state index is 13.6. The zero-order valence-corrected chi connectivity index (χ0v) is 22.4. The van der Waals surface area contributed by atoms with Crippen LogP contribution in [-0.4, -0.2) is 71.9 Å². The van der Waals surface area contributed by atoms with E-state index in [-0.39, 0.29) is 11.3 Å². The Morgan fingerprint density at radius 1 is 1.03 bits per heavy atom. The summed E-state index contributed by atoms with van der Waals surface area (Å²) in [6.45, 7) is 9.70. The molecule has 0 aromatic heterocycles. The zero-order chi connectivity index (χ0) is 23.6. The van der Waals surface area contributed by atoms with Gasteiger partial charge in [0.15, 0.2) is 0 Å². The molecule has 1 saturated heterocycles. The minimum Gasteiger partial charge on any atom is -0.385 e. The monoisotopic (exact) mass is 480 g/mol. The Morgan fingerprint density at radius 2 is 1.79 bits per heavy atom. The van der Waals surface area contributed by atoms with E-state index in [1.54, 1.807) is 6.26 Å². The van der Waals surface area contributed by atoms with E-state index >= 15 is 0 Å². The van der Waals surface area contributed by atoms with Gasteiger partial charge in [-0.2, -0.15) is 0 Å². The van der Waals surface area contributed by atoms with Crippen molar-refractivity contribution in [3.63, 3.8) is 0 Å². The maximum Gasteiger partial charge on any atom is 0.150 e. The van der Waals surface area contributed by atoms with Crippen LogP contribution in [0.1, 0.15) is 71.6 Å². The number of hydrogen-bond acceptors (Lipinski definition) is 4. The number of carbonyl (C=O) groups is 1. The normalized spacial score (nSPS) is 40.8. The first-order valence-corrected chi connectivity index (χ1v) is 15.2. The van der Waals surface area contributed by atoms with Crippen molar-refractivity contribution in [1.29, 1.82) is 0 Å². The fraction of sp³-hybridized carbons (Fsp3) is 0.963. The lowest BCUT2D eigenvalue weighted by molar-refractivity contribution is -0.131. The molecule has 0 spiro atoms. The highest BCUT2D eigenvalue weighted by molar-refractivity contribution is 7.81. The Morgan fingerprint density at radius 3 is 2.45 bits per heavy atom. The molecule has 3 aliphatic carbocycles. The van der Waals surface area contributed by atoms with Crippen molar-refractivity contribution < 1.29 is 13.7 Å². The molecule has 4 aliphatic rings. The fourth-order valence-corrected chi connectivity index (χ4v) is 9.33. The molecular formula is C27H48N2O3S. The van der Waals surface area contributed by atoms with Crippen molar-refractivity contribution in [3.8, 4) is 0 Å². The van der Waals surface area contributed by atoms with Crippen LogP contribution in [0.4, 0.5) is 0 Å². The van der Waals surface area contributed by atoms with Gasteiger partial charge < -0.3 is 4.74 Å². The second-order valence-electron chi connectivity index (χ2n) is 11.8. The van der Waals surface area contributed by atoms with E-state index in [0.717, 1.165) is 68.8 Å². The summed E-state index contributed by atoms with van der Waals surface area (Å²) < 4.78 is 19.2. The highest BCUT2D eigenvalue weighted by Crippen LogP contribution is 2.63. The lowest BCUT2D eigenvalue weighted by atomic mass is 9.50. The summed E-state index contributed by atoms with van der Waals surface area (Å²) in [5, 5.41) is 0. The number of rotatable bonds is 9. The molecule has 190 valence electrons. The lowest BCUT2D eigenvalue weighted by Gasteiger charge is -2.55. The number of nitrogens with zero attached hydrogens (tertiary/aromatic N) is 2. The Kier molecular flexibility index (Phi) is 8.73. The molecule has 0 N–H and O–H groups in total. The van der Waals surface area contributed by atoms with E-state index in [9.17, 15) is 9.00 Å². The molecule has 3 saturated carbocycles. The standard InChI is InChI=1S/C27H48N2O3S/c1-5-6-21-20(12-18-32-3)7-8-23-22(21)11-13-27(2)24(23)9-10-25(27)26(30)19-28-14-16-29(17-15-28)33(4)31/h20-25H,5-19H2,1-4H3. The molecule has 8 unspecified atom stereocenters. The minimum atomic E-state index is -0.893. The predicted octanol–water partition coefficient (Wildman–Crippen LogP) is 4.39. The third kappa shape index (κ3) is 5.29. The van der Waals surface area contributed by atoms with Crippen LogP contribution in [-0.2, 0) is 20.5 Å². The van der Waals surface area contributed by atoms with Gasteiger partial charge in [-0.15, -0.1) is 0 Å². The number of methoxy groups -OCH3 is 1. The summed E-state index contributed by atoms with van der Waals surface area (Å²) in [5.74, 6) is 4.89. The van der Waals surface area contributed by atoms with Crippen LogP contribution in [0.15, 0.2) is 0 Å². The largest absolute Gasteiger partial charge is 0.385 e. The van der Waals surface area contributed by atoms with Crippen LogP contribution in [0.5, 0.6) is 0 Å². The van der Waals surface area contributed by atoms with Crippen molar-refractivity contribution in [3.05, 3.63) is 0 Å². The number of ether oxygens (including phenoxy) is 1. The molecule has 5 nitrogen and oxygen atoms in total. The zero-order valence-electron chi connectivity index (χ0n) is 21.6. The number of hydrogen-bond donors (Lipinski definition) is 0. The van der Waals surface area contributed by atoms with E-state index in [2.05, 4.69) is 18.7 Å². The molecule has 0 bridgehead atoms. The Bertz CT molecular complexity index is 695. The van der Waals surface area contributed by atoms with Crippen LogP contribution < -0.4 is 0 Å². The molecule has 0 amide bonds. The molecule has 1 aliphatic heterocycles. The second kappa shape index (κ2) is 11.2. The van der Waals surface area contributed by atoms with Crippen LogP contribution in [0.25, 0.3) is 0 Å². The summed E-state index contributed by atoms with van der Waals surface area (Å²) in [7, 11) is 0.947. The molecule has 1 heterocycles. The number of fused-ring (bicyclic) bond motifs is 3. The van der Waals surface area contributed by atoms with Gasteiger partial charge in [-0.25, -0.2) is 8.51 Å². The van der Waals surface area contributed by atoms with Crippen molar-refractivity contribution >= 4 is 16.8 Å². The van der Waals surface area contributed by atoms with Gasteiger partial charge in [0.05, 0.1) is 17.5 Å². The van der Waals surface area contributed by atoms with Gasteiger partial charge >= 0.3 is 0 Å².